The van der Waals surface area contributed by atoms with Gasteiger partial charge in [-0.05, 0) is 79.2 Å². The number of methoxy groups -OCH3 is 1. The van der Waals surface area contributed by atoms with Crippen LogP contribution in [0, 0.1) is 0 Å². The molecule has 0 N–H and O–H groups in total. The highest BCUT2D eigenvalue weighted by atomic mass is 35.5. The number of benzene rings is 3. The van der Waals surface area contributed by atoms with Crippen LogP contribution in [0.2, 0.25) is 10.0 Å². The monoisotopic (exact) mass is 636 g/mol. The third-order valence-corrected chi connectivity index (χ3v) is 9.14. The van der Waals surface area contributed by atoms with E-state index in [1.807, 2.05) is 0 Å². The number of nitrogens with zero attached hydrogens (tertiary/aromatic N) is 2. The maximum absolute atomic E-state index is 13.6. The Morgan fingerprint density at radius 1 is 0.907 bits per heavy atom. The molecule has 1 amide bonds. The summed E-state index contributed by atoms with van der Waals surface area (Å²) in [6.07, 6.45) is 1.45. The SMILES string of the molecule is COC(=O)C1=C(C)N(c2ccc(Cl)cc2)C(=O)/C1=C/c1ccc(CN(Cc2ccc(Cl)cc2)S(=O)(=O)c2ccccc2)o1. The molecular weight excluding hydrogens is 611 g/mol. The number of allylic oxidation sites excluding steroid dienone is 1. The number of halogens is 2. The minimum Gasteiger partial charge on any atom is -0.465 e. The Hall–Kier alpha value is -4.15. The van der Waals surface area contributed by atoms with Crippen molar-refractivity contribution >= 4 is 56.9 Å². The third kappa shape index (κ3) is 6.45. The van der Waals surface area contributed by atoms with Crippen molar-refractivity contribution in [3.05, 3.63) is 135 Å². The summed E-state index contributed by atoms with van der Waals surface area (Å²) in [7, 11) is -2.68. The highest BCUT2D eigenvalue weighted by Gasteiger charge is 2.38. The maximum Gasteiger partial charge on any atom is 0.340 e. The number of ether oxygens (including phenoxy) is 1. The van der Waals surface area contributed by atoms with Crippen molar-refractivity contribution in [2.24, 2.45) is 0 Å². The summed E-state index contributed by atoms with van der Waals surface area (Å²) in [5.41, 5.74) is 1.83. The molecule has 0 saturated carbocycles. The number of amides is 1. The zero-order chi connectivity index (χ0) is 30.7. The Balaban J connectivity index is 1.48. The number of carbonyl (C=O) groups is 2. The fraction of sp³-hybridized carbons (Fsp3) is 0.125. The molecule has 4 aromatic rings. The number of hydrogen-bond donors (Lipinski definition) is 0. The first kappa shape index (κ1) is 30.3. The molecule has 0 unspecified atom stereocenters. The van der Waals surface area contributed by atoms with Crippen LogP contribution in [0.15, 0.2) is 117 Å². The Labute approximate surface area is 259 Å². The zero-order valence-electron chi connectivity index (χ0n) is 23.2. The molecule has 0 atom stereocenters. The van der Waals surface area contributed by atoms with E-state index in [0.717, 1.165) is 5.56 Å². The first-order chi connectivity index (χ1) is 20.6. The molecule has 5 rings (SSSR count). The van der Waals surface area contributed by atoms with Gasteiger partial charge in [-0.1, -0.05) is 53.5 Å². The standard InChI is InChI=1S/C32H26Cl2N2O6S/c1-21-30(32(38)41-2)29(31(37)36(21)25-14-12-24(34)13-15-25)18-26-16-17-27(42-26)20-35(19-22-8-10-23(33)11-9-22)43(39,40)28-6-4-3-5-7-28/h3-18H,19-20H2,1-2H3/b29-18+. The summed E-state index contributed by atoms with van der Waals surface area (Å²) >= 11 is 12.0. The van der Waals surface area contributed by atoms with E-state index in [0.29, 0.717) is 27.2 Å². The number of furan rings is 1. The van der Waals surface area contributed by atoms with Gasteiger partial charge in [-0.3, -0.25) is 9.69 Å². The van der Waals surface area contributed by atoms with Crippen LogP contribution in [0.4, 0.5) is 5.69 Å². The zero-order valence-corrected chi connectivity index (χ0v) is 25.5. The van der Waals surface area contributed by atoms with E-state index in [1.165, 1.54) is 34.5 Å². The van der Waals surface area contributed by atoms with E-state index in [4.69, 9.17) is 32.4 Å². The molecule has 0 bridgehead atoms. The highest BCUT2D eigenvalue weighted by molar-refractivity contribution is 7.89. The van der Waals surface area contributed by atoms with Gasteiger partial charge in [0, 0.05) is 28.0 Å². The average Bonchev–Trinajstić information content (AvgIpc) is 3.55. The van der Waals surface area contributed by atoms with Crippen LogP contribution in [0.25, 0.3) is 6.08 Å². The smallest absolute Gasteiger partial charge is 0.340 e. The van der Waals surface area contributed by atoms with Crippen LogP contribution in [0.5, 0.6) is 0 Å². The number of rotatable bonds is 9. The van der Waals surface area contributed by atoms with Crippen LogP contribution in [-0.4, -0.2) is 31.7 Å². The largest absolute Gasteiger partial charge is 0.465 e. The molecular formula is C32H26Cl2N2O6S. The summed E-state index contributed by atoms with van der Waals surface area (Å²) in [6.45, 7) is 1.62. The third-order valence-electron chi connectivity index (χ3n) is 6.83. The van der Waals surface area contributed by atoms with Crippen LogP contribution >= 0.6 is 23.2 Å². The normalized spacial score (nSPS) is 14.7. The lowest BCUT2D eigenvalue weighted by molar-refractivity contribution is -0.136. The van der Waals surface area contributed by atoms with Crippen LogP contribution < -0.4 is 4.90 Å². The summed E-state index contributed by atoms with van der Waals surface area (Å²) in [5, 5.41) is 1.04. The first-order valence-electron chi connectivity index (χ1n) is 13.1. The predicted octanol–water partition coefficient (Wildman–Crippen LogP) is 6.85. The Morgan fingerprint density at radius 2 is 1.53 bits per heavy atom. The number of sulfonamides is 1. The second-order valence-electron chi connectivity index (χ2n) is 9.64. The fourth-order valence-electron chi connectivity index (χ4n) is 4.72. The van der Waals surface area contributed by atoms with Gasteiger partial charge < -0.3 is 9.15 Å². The average molecular weight is 638 g/mol. The molecule has 1 aliphatic rings. The van der Waals surface area contributed by atoms with Crippen LogP contribution in [0.3, 0.4) is 0 Å². The second kappa shape index (κ2) is 12.6. The van der Waals surface area contributed by atoms with Crippen molar-refractivity contribution in [2.75, 3.05) is 12.0 Å². The Kier molecular flexibility index (Phi) is 8.89. The topological polar surface area (TPSA) is 97.1 Å². The minimum absolute atomic E-state index is 0.0640. The van der Waals surface area contributed by atoms with Crippen LogP contribution in [0.1, 0.15) is 24.0 Å². The fourth-order valence-corrected chi connectivity index (χ4v) is 6.38. The van der Waals surface area contributed by atoms with E-state index < -0.39 is 21.9 Å². The molecule has 1 aromatic heterocycles. The van der Waals surface area contributed by atoms with Gasteiger partial charge in [0.05, 0.1) is 29.7 Å². The van der Waals surface area contributed by atoms with Gasteiger partial charge in [-0.15, -0.1) is 0 Å². The molecule has 2 heterocycles. The lowest BCUT2D eigenvalue weighted by atomic mass is 10.1. The minimum atomic E-state index is -3.92. The van der Waals surface area contributed by atoms with Crippen LogP contribution in [-0.2, 0) is 37.4 Å². The first-order valence-corrected chi connectivity index (χ1v) is 15.3. The van der Waals surface area contributed by atoms with E-state index in [9.17, 15) is 18.0 Å². The van der Waals surface area contributed by atoms with Crippen molar-refractivity contribution in [1.82, 2.24) is 4.31 Å². The van der Waals surface area contributed by atoms with Crippen molar-refractivity contribution < 1.29 is 27.2 Å². The van der Waals surface area contributed by atoms with Crippen molar-refractivity contribution in [2.45, 2.75) is 24.9 Å². The molecule has 1 aliphatic heterocycles. The molecule has 0 fully saturated rings. The second-order valence-corrected chi connectivity index (χ2v) is 12.5. The summed E-state index contributed by atoms with van der Waals surface area (Å²) in [4.78, 5) is 27.9. The number of carbonyl (C=O) groups excluding carboxylic acids is 2. The summed E-state index contributed by atoms with van der Waals surface area (Å²) < 4.78 is 39.6. The van der Waals surface area contributed by atoms with E-state index >= 15 is 0 Å². The molecule has 220 valence electrons. The number of anilines is 1. The Bertz CT molecular complexity index is 1830. The predicted molar refractivity (Wildman–Crippen MR) is 165 cm³/mol. The molecule has 0 radical (unpaired) electrons. The lowest BCUT2D eigenvalue weighted by Gasteiger charge is -2.21. The van der Waals surface area contributed by atoms with Crippen molar-refractivity contribution in [3.8, 4) is 0 Å². The van der Waals surface area contributed by atoms with E-state index in [1.54, 1.807) is 85.8 Å². The molecule has 11 heteroatoms. The van der Waals surface area contributed by atoms with Gasteiger partial charge in [0.2, 0.25) is 10.0 Å². The molecule has 0 aliphatic carbocycles. The maximum atomic E-state index is 13.6. The molecule has 0 saturated heterocycles. The van der Waals surface area contributed by atoms with Gasteiger partial charge >= 0.3 is 5.97 Å². The highest BCUT2D eigenvalue weighted by Crippen LogP contribution is 2.36. The van der Waals surface area contributed by atoms with Gasteiger partial charge in [0.25, 0.3) is 5.91 Å². The van der Waals surface area contributed by atoms with Gasteiger partial charge in [-0.25, -0.2) is 13.2 Å². The molecule has 8 nitrogen and oxygen atoms in total. The van der Waals surface area contributed by atoms with E-state index in [-0.39, 0.29) is 34.9 Å². The van der Waals surface area contributed by atoms with Gasteiger partial charge in [0.1, 0.15) is 11.5 Å². The Morgan fingerprint density at radius 3 is 2.16 bits per heavy atom. The quantitative estimate of drug-likeness (QED) is 0.147. The van der Waals surface area contributed by atoms with Gasteiger partial charge in [-0.2, -0.15) is 4.31 Å². The van der Waals surface area contributed by atoms with Crippen molar-refractivity contribution in [3.63, 3.8) is 0 Å². The summed E-state index contributed by atoms with van der Waals surface area (Å²) in [6, 6.07) is 24.9. The van der Waals surface area contributed by atoms with Gasteiger partial charge in [0.15, 0.2) is 0 Å². The number of esters is 1. The summed E-state index contributed by atoms with van der Waals surface area (Å²) in [5.74, 6) is -0.535. The van der Waals surface area contributed by atoms with Crippen molar-refractivity contribution in [1.29, 1.82) is 0 Å². The molecule has 0 spiro atoms. The van der Waals surface area contributed by atoms with E-state index in [2.05, 4.69) is 0 Å². The lowest BCUT2D eigenvalue weighted by Crippen LogP contribution is -2.30. The molecule has 43 heavy (non-hydrogen) atoms. The number of hydrogen-bond acceptors (Lipinski definition) is 6. The molecule has 3 aromatic carbocycles.